The SMILES string of the molecule is Cn1c(C(=O)NC2CCOCC2)cc(-c2ccc(-c3nnc(C(C)(C)C)o3)c(C(C)(C)C)c2)c1CC1CCCCC1. The summed E-state index contributed by atoms with van der Waals surface area (Å²) in [5.74, 6) is 1.84. The van der Waals surface area contributed by atoms with Crippen LogP contribution < -0.4 is 5.32 Å². The summed E-state index contributed by atoms with van der Waals surface area (Å²) in [7, 11) is 2.06. The first-order valence-electron chi connectivity index (χ1n) is 15.5. The Bertz CT molecular complexity index is 1360. The van der Waals surface area contributed by atoms with Gasteiger partial charge in [0.2, 0.25) is 11.8 Å². The Morgan fingerprint density at radius 3 is 2.27 bits per heavy atom. The molecular formula is C34H48N4O3. The molecule has 0 spiro atoms. The lowest BCUT2D eigenvalue weighted by molar-refractivity contribution is 0.0692. The average Bonchev–Trinajstić information content (AvgIpc) is 3.55. The van der Waals surface area contributed by atoms with Gasteiger partial charge in [0.15, 0.2) is 0 Å². The molecule has 7 nitrogen and oxygen atoms in total. The van der Waals surface area contributed by atoms with Crippen molar-refractivity contribution < 1.29 is 13.9 Å². The Labute approximate surface area is 245 Å². The number of carbonyl (C=O) groups excluding carboxylic acids is 1. The molecule has 1 saturated heterocycles. The number of hydrogen-bond donors (Lipinski definition) is 1. The summed E-state index contributed by atoms with van der Waals surface area (Å²) in [6.45, 7) is 14.3. The first kappa shape index (κ1) is 29.6. The van der Waals surface area contributed by atoms with Crippen LogP contribution >= 0.6 is 0 Å². The molecule has 5 rings (SSSR count). The van der Waals surface area contributed by atoms with Crippen molar-refractivity contribution in [2.24, 2.45) is 13.0 Å². The number of benzene rings is 1. The number of aromatic nitrogens is 3. The molecule has 3 aromatic rings. The van der Waals surface area contributed by atoms with Crippen molar-refractivity contribution in [3.05, 3.63) is 47.1 Å². The molecule has 1 saturated carbocycles. The zero-order valence-electron chi connectivity index (χ0n) is 26.1. The smallest absolute Gasteiger partial charge is 0.268 e. The van der Waals surface area contributed by atoms with Crippen molar-refractivity contribution >= 4 is 5.91 Å². The van der Waals surface area contributed by atoms with Crippen molar-refractivity contribution in [3.8, 4) is 22.6 Å². The average molecular weight is 561 g/mol. The van der Waals surface area contributed by atoms with Gasteiger partial charge < -0.3 is 19.0 Å². The van der Waals surface area contributed by atoms with Crippen LogP contribution in [-0.4, -0.2) is 39.9 Å². The Kier molecular flexibility index (Phi) is 8.47. The minimum absolute atomic E-state index is 0.00350. The van der Waals surface area contributed by atoms with Crippen LogP contribution in [-0.2, 0) is 29.0 Å². The molecule has 1 aromatic carbocycles. The van der Waals surface area contributed by atoms with Crippen LogP contribution in [0, 0.1) is 5.92 Å². The van der Waals surface area contributed by atoms with Crippen molar-refractivity contribution in [3.63, 3.8) is 0 Å². The second-order valence-electron chi connectivity index (χ2n) is 14.2. The topological polar surface area (TPSA) is 82.2 Å². The lowest BCUT2D eigenvalue weighted by Crippen LogP contribution is -2.39. The van der Waals surface area contributed by atoms with E-state index in [0.29, 0.717) is 30.9 Å². The highest BCUT2D eigenvalue weighted by Crippen LogP contribution is 2.39. The fourth-order valence-corrected chi connectivity index (χ4v) is 6.28. The lowest BCUT2D eigenvalue weighted by Gasteiger charge is -2.24. The van der Waals surface area contributed by atoms with Gasteiger partial charge in [-0.05, 0) is 59.9 Å². The van der Waals surface area contributed by atoms with E-state index < -0.39 is 0 Å². The molecule has 7 heteroatoms. The number of amides is 1. The zero-order valence-corrected chi connectivity index (χ0v) is 26.1. The molecule has 3 heterocycles. The van der Waals surface area contributed by atoms with Gasteiger partial charge in [0.25, 0.3) is 5.91 Å². The van der Waals surface area contributed by atoms with E-state index in [1.807, 2.05) is 0 Å². The second-order valence-corrected chi connectivity index (χ2v) is 14.2. The maximum absolute atomic E-state index is 13.6. The van der Waals surface area contributed by atoms with E-state index in [1.54, 1.807) is 0 Å². The van der Waals surface area contributed by atoms with E-state index in [-0.39, 0.29) is 22.8 Å². The molecule has 1 aliphatic heterocycles. The maximum atomic E-state index is 13.6. The Morgan fingerprint density at radius 1 is 0.927 bits per heavy atom. The summed E-state index contributed by atoms with van der Waals surface area (Å²) < 4.78 is 13.8. The van der Waals surface area contributed by atoms with E-state index >= 15 is 0 Å². The third-order valence-corrected chi connectivity index (χ3v) is 8.79. The fraction of sp³-hybridized carbons (Fsp3) is 0.618. The van der Waals surface area contributed by atoms with Crippen molar-refractivity contribution in [1.29, 1.82) is 0 Å². The van der Waals surface area contributed by atoms with Gasteiger partial charge in [-0.1, -0.05) is 79.7 Å². The molecule has 1 N–H and O–H groups in total. The van der Waals surface area contributed by atoms with Crippen molar-refractivity contribution in [1.82, 2.24) is 20.1 Å². The predicted octanol–water partition coefficient (Wildman–Crippen LogP) is 7.37. The fourth-order valence-electron chi connectivity index (χ4n) is 6.28. The molecule has 222 valence electrons. The highest BCUT2D eigenvalue weighted by molar-refractivity contribution is 5.95. The summed E-state index contributed by atoms with van der Waals surface area (Å²) in [4.78, 5) is 13.6. The first-order valence-corrected chi connectivity index (χ1v) is 15.5. The monoisotopic (exact) mass is 560 g/mol. The molecule has 1 aliphatic carbocycles. The standard InChI is InChI=1S/C34H48N4O3/c1-33(2,3)27-20-23(13-14-25(27)31-36-37-32(41-31)34(4,5)6)26-21-29(30(39)35-24-15-17-40-18-16-24)38(7)28(26)19-22-11-9-8-10-12-22/h13-14,20-22,24H,8-12,15-19H2,1-7H3,(H,35,39). The number of rotatable bonds is 6. The molecule has 2 fully saturated rings. The Hall–Kier alpha value is -2.93. The summed E-state index contributed by atoms with van der Waals surface area (Å²) in [6, 6.07) is 8.82. The minimum Gasteiger partial charge on any atom is -0.420 e. The predicted molar refractivity (Wildman–Crippen MR) is 163 cm³/mol. The number of nitrogens with zero attached hydrogens (tertiary/aromatic N) is 3. The van der Waals surface area contributed by atoms with E-state index in [2.05, 4.69) is 92.9 Å². The maximum Gasteiger partial charge on any atom is 0.268 e. The molecular weight excluding hydrogens is 512 g/mol. The molecule has 0 unspecified atom stereocenters. The zero-order chi connectivity index (χ0) is 29.4. The number of carbonyl (C=O) groups is 1. The van der Waals surface area contributed by atoms with Gasteiger partial charge in [0.05, 0.1) is 0 Å². The van der Waals surface area contributed by atoms with E-state index in [1.165, 1.54) is 37.8 Å². The molecule has 1 amide bonds. The van der Waals surface area contributed by atoms with Gasteiger partial charge in [-0.3, -0.25) is 4.79 Å². The molecule has 2 aliphatic rings. The van der Waals surface area contributed by atoms with Gasteiger partial charge in [0.1, 0.15) is 5.69 Å². The van der Waals surface area contributed by atoms with E-state index in [9.17, 15) is 4.79 Å². The Morgan fingerprint density at radius 2 is 1.63 bits per heavy atom. The molecule has 0 radical (unpaired) electrons. The van der Waals surface area contributed by atoms with Crippen LogP contribution in [0.3, 0.4) is 0 Å². The lowest BCUT2D eigenvalue weighted by atomic mass is 9.81. The van der Waals surface area contributed by atoms with Crippen molar-refractivity contribution in [2.75, 3.05) is 13.2 Å². The van der Waals surface area contributed by atoms with Crippen LogP contribution in [0.25, 0.3) is 22.6 Å². The van der Waals surface area contributed by atoms with Crippen LogP contribution in [0.15, 0.2) is 28.7 Å². The third-order valence-electron chi connectivity index (χ3n) is 8.79. The first-order chi connectivity index (χ1) is 19.4. The minimum atomic E-state index is -0.216. The number of ether oxygens (including phenoxy) is 1. The van der Waals surface area contributed by atoms with Crippen LogP contribution in [0.1, 0.15) is 114 Å². The second kappa shape index (κ2) is 11.7. The van der Waals surface area contributed by atoms with Gasteiger partial charge in [0, 0.05) is 48.5 Å². The molecule has 0 bridgehead atoms. The quantitative estimate of drug-likeness (QED) is 0.340. The van der Waals surface area contributed by atoms with E-state index in [4.69, 9.17) is 9.15 Å². The molecule has 2 aromatic heterocycles. The normalized spacial score (nSPS) is 17.6. The highest BCUT2D eigenvalue weighted by Gasteiger charge is 2.28. The Balaban J connectivity index is 1.56. The van der Waals surface area contributed by atoms with Crippen LogP contribution in [0.4, 0.5) is 0 Å². The summed E-state index contributed by atoms with van der Waals surface area (Å²) in [5, 5.41) is 12.1. The highest BCUT2D eigenvalue weighted by atomic mass is 16.5. The molecule has 0 atom stereocenters. The summed E-state index contributed by atoms with van der Waals surface area (Å²) >= 11 is 0. The van der Waals surface area contributed by atoms with Gasteiger partial charge >= 0.3 is 0 Å². The van der Waals surface area contributed by atoms with Gasteiger partial charge in [-0.2, -0.15) is 0 Å². The number of nitrogens with one attached hydrogen (secondary N) is 1. The summed E-state index contributed by atoms with van der Waals surface area (Å²) in [6.07, 6.45) is 9.15. The largest absolute Gasteiger partial charge is 0.420 e. The third kappa shape index (κ3) is 6.61. The van der Waals surface area contributed by atoms with Crippen LogP contribution in [0.5, 0.6) is 0 Å². The molecule has 41 heavy (non-hydrogen) atoms. The van der Waals surface area contributed by atoms with Gasteiger partial charge in [-0.15, -0.1) is 10.2 Å². The van der Waals surface area contributed by atoms with E-state index in [0.717, 1.165) is 47.2 Å². The number of hydrogen-bond acceptors (Lipinski definition) is 5. The summed E-state index contributed by atoms with van der Waals surface area (Å²) in [5.41, 5.74) is 6.00. The van der Waals surface area contributed by atoms with Crippen molar-refractivity contribution in [2.45, 2.75) is 110 Å². The van der Waals surface area contributed by atoms with Gasteiger partial charge in [-0.25, -0.2) is 0 Å². The van der Waals surface area contributed by atoms with Crippen LogP contribution in [0.2, 0.25) is 0 Å².